The highest BCUT2D eigenvalue weighted by Gasteiger charge is 2.61. The van der Waals surface area contributed by atoms with Crippen molar-refractivity contribution >= 4 is 29.1 Å². The molecule has 0 saturated carbocycles. The number of nitrogen functional groups attached to an aromatic ring is 1. The second kappa shape index (κ2) is 12.6. The fourth-order valence-corrected chi connectivity index (χ4v) is 6.81. The van der Waals surface area contributed by atoms with Gasteiger partial charge in [0, 0.05) is 28.7 Å². The number of halogens is 8. The molecule has 0 aliphatic heterocycles. The lowest BCUT2D eigenvalue weighted by molar-refractivity contribution is -0.142. The van der Waals surface area contributed by atoms with Crippen molar-refractivity contribution in [3.05, 3.63) is 105 Å². The van der Waals surface area contributed by atoms with Crippen LogP contribution in [0.3, 0.4) is 0 Å². The molecule has 0 saturated heterocycles. The molecule has 0 unspecified atom stereocenters. The van der Waals surface area contributed by atoms with Crippen LogP contribution in [0.15, 0.2) is 54.6 Å². The van der Waals surface area contributed by atoms with Gasteiger partial charge in [-0.25, -0.2) is 13.8 Å². The third-order valence-electron chi connectivity index (χ3n) is 8.80. The van der Waals surface area contributed by atoms with Crippen LogP contribution in [0.25, 0.3) is 16.8 Å². The van der Waals surface area contributed by atoms with E-state index >= 15 is 8.78 Å². The van der Waals surface area contributed by atoms with E-state index in [4.69, 9.17) is 17.3 Å². The number of aliphatic hydroxyl groups is 1. The topological polar surface area (TPSA) is 136 Å². The van der Waals surface area contributed by atoms with Crippen LogP contribution < -0.4 is 11.1 Å². The minimum Gasteiger partial charge on any atom is -0.378 e. The van der Waals surface area contributed by atoms with Crippen molar-refractivity contribution in [2.75, 3.05) is 5.73 Å². The van der Waals surface area contributed by atoms with Gasteiger partial charge in [-0.3, -0.25) is 13.9 Å². The Labute approximate surface area is 300 Å². The van der Waals surface area contributed by atoms with Crippen molar-refractivity contribution in [2.24, 2.45) is 5.92 Å². The molecule has 2 aliphatic rings. The van der Waals surface area contributed by atoms with Crippen LogP contribution in [-0.2, 0) is 29.9 Å². The molecule has 7 rings (SSSR count). The first-order valence-electron chi connectivity index (χ1n) is 15.9. The van der Waals surface area contributed by atoms with E-state index in [2.05, 4.69) is 37.4 Å². The van der Waals surface area contributed by atoms with E-state index < -0.39 is 76.6 Å². The Morgan fingerprint density at radius 2 is 1.77 bits per heavy atom. The summed E-state index contributed by atoms with van der Waals surface area (Å²) in [6.07, 6.45) is -3.11. The van der Waals surface area contributed by atoms with Crippen LogP contribution in [0.4, 0.5) is 36.7 Å². The molecule has 0 spiro atoms. The number of amides is 1. The molecule has 5 aromatic rings. The summed E-state index contributed by atoms with van der Waals surface area (Å²) in [5.41, 5.74) is 2.10. The molecule has 18 heteroatoms. The van der Waals surface area contributed by atoms with Crippen molar-refractivity contribution < 1.29 is 40.6 Å². The number of pyridine rings is 2. The molecule has 10 nitrogen and oxygen atoms in total. The maximum Gasteiger partial charge on any atom is 0.435 e. The van der Waals surface area contributed by atoms with Gasteiger partial charge in [0.1, 0.15) is 40.3 Å². The quantitative estimate of drug-likeness (QED) is 0.0788. The van der Waals surface area contributed by atoms with Gasteiger partial charge in [0.15, 0.2) is 11.3 Å². The number of alkyl halides is 5. The van der Waals surface area contributed by atoms with E-state index in [1.807, 2.05) is 0 Å². The van der Waals surface area contributed by atoms with E-state index in [0.717, 1.165) is 18.2 Å². The van der Waals surface area contributed by atoms with Gasteiger partial charge in [-0.1, -0.05) is 29.7 Å². The number of carbonyl (C=O) groups excluding carboxylic acids is 1. The zero-order valence-corrected chi connectivity index (χ0v) is 28.2. The molecule has 3 atom stereocenters. The van der Waals surface area contributed by atoms with Crippen molar-refractivity contribution in [3.63, 3.8) is 0 Å². The van der Waals surface area contributed by atoms with Crippen molar-refractivity contribution in [3.8, 4) is 23.0 Å². The summed E-state index contributed by atoms with van der Waals surface area (Å²) in [4.78, 5) is 18.4. The Bertz CT molecular complexity index is 2380. The predicted molar refractivity (Wildman–Crippen MR) is 176 cm³/mol. The van der Waals surface area contributed by atoms with Crippen molar-refractivity contribution in [1.29, 1.82) is 0 Å². The predicted octanol–water partition coefficient (Wildman–Crippen LogP) is 6.12. The van der Waals surface area contributed by atoms with Gasteiger partial charge >= 0.3 is 6.18 Å². The standard InChI is InChI=1S/C35H26ClF7N8O2/c1-33(2,53)10-9-19-3-4-20(21-6-8-25(36)51-31(21)47-48-32(51)44)28(45-19)24(13-16-11-17(37)14-18(38)12-16)46-26(52)15-50-30-27(29(49-50)35(41,42)43)22-5-7-23(22)34(30,39)40/h3-8,11-12,14,22-24,53H,13,15H2,1-2H3,(H2,44,48)(H,46,52)/t22-,23+,24-/m0/s1. The van der Waals surface area contributed by atoms with Crippen molar-refractivity contribution in [2.45, 2.75) is 56.5 Å². The highest BCUT2D eigenvalue weighted by atomic mass is 35.5. The molecule has 0 fully saturated rings. The maximum atomic E-state index is 15.5. The van der Waals surface area contributed by atoms with Gasteiger partial charge in [-0.2, -0.15) is 27.1 Å². The summed E-state index contributed by atoms with van der Waals surface area (Å²) in [7, 11) is 0. The number of hydrogen-bond acceptors (Lipinski definition) is 7. The number of fused-ring (bicyclic) bond motifs is 4. The van der Waals surface area contributed by atoms with Crippen LogP contribution in [0.1, 0.15) is 59.7 Å². The summed E-state index contributed by atoms with van der Waals surface area (Å²) in [6, 6.07) is 7.33. The number of rotatable bonds is 7. The first-order valence-corrected chi connectivity index (χ1v) is 16.2. The van der Waals surface area contributed by atoms with Crippen molar-refractivity contribution in [1.82, 2.24) is 34.7 Å². The van der Waals surface area contributed by atoms with Crippen LogP contribution in [0, 0.1) is 29.4 Å². The highest BCUT2D eigenvalue weighted by molar-refractivity contribution is 6.30. The SMILES string of the molecule is CC(C)(O)C#Cc1ccc(-c2ccc(Cl)n3c(N)nnc23)c([C@H](Cc2cc(F)cc(F)c2)NC(=O)Cn2nc(C(F)(F)F)c3c2C(F)(F)[C@@H]2C=C[C@H]32)n1. The highest BCUT2D eigenvalue weighted by Crippen LogP contribution is 2.60. The molecule has 53 heavy (non-hydrogen) atoms. The van der Waals surface area contributed by atoms with Gasteiger partial charge in [0.25, 0.3) is 5.92 Å². The molecular weight excluding hydrogens is 733 g/mol. The number of nitrogens with two attached hydrogens (primary N) is 1. The zero-order chi connectivity index (χ0) is 38.2. The average Bonchev–Trinajstić information content (AvgIpc) is 3.64. The van der Waals surface area contributed by atoms with E-state index in [0.29, 0.717) is 16.3 Å². The average molecular weight is 759 g/mol. The van der Waals surface area contributed by atoms with Gasteiger partial charge in [-0.15, -0.1) is 10.2 Å². The lowest BCUT2D eigenvalue weighted by Gasteiger charge is -2.27. The minimum absolute atomic E-state index is 0.00519. The fraction of sp³-hybridized carbons (Fsp3) is 0.286. The number of carbonyl (C=O) groups is 1. The lowest BCUT2D eigenvalue weighted by atomic mass is 9.81. The molecule has 274 valence electrons. The Morgan fingerprint density at radius 3 is 2.42 bits per heavy atom. The van der Waals surface area contributed by atoms with Crippen LogP contribution >= 0.6 is 11.6 Å². The number of benzene rings is 1. The Hall–Kier alpha value is -5.47. The Morgan fingerprint density at radius 1 is 1.08 bits per heavy atom. The van der Waals surface area contributed by atoms with Gasteiger partial charge < -0.3 is 16.2 Å². The summed E-state index contributed by atoms with van der Waals surface area (Å²) >= 11 is 6.35. The molecule has 1 amide bonds. The zero-order valence-electron chi connectivity index (χ0n) is 27.5. The molecular formula is C35H26ClF7N8O2. The van der Waals surface area contributed by atoms with Gasteiger partial charge in [-0.05, 0) is 68.2 Å². The first-order chi connectivity index (χ1) is 24.8. The molecule has 4 N–H and O–H groups in total. The summed E-state index contributed by atoms with van der Waals surface area (Å²) < 4.78 is 104. The molecule has 0 bridgehead atoms. The molecule has 1 aromatic carbocycles. The van der Waals surface area contributed by atoms with E-state index in [1.165, 1.54) is 42.5 Å². The maximum absolute atomic E-state index is 15.5. The van der Waals surface area contributed by atoms with Crippen LogP contribution in [-0.4, -0.2) is 46.0 Å². The number of allylic oxidation sites excluding steroid dienone is 2. The van der Waals surface area contributed by atoms with Gasteiger partial charge in [0.2, 0.25) is 11.9 Å². The number of aromatic nitrogens is 6. The smallest absolute Gasteiger partial charge is 0.378 e. The summed E-state index contributed by atoms with van der Waals surface area (Å²) in [6.45, 7) is 1.78. The number of nitrogens with one attached hydrogen (secondary N) is 1. The number of nitrogens with zero attached hydrogens (tertiary/aromatic N) is 6. The molecule has 4 aromatic heterocycles. The summed E-state index contributed by atoms with van der Waals surface area (Å²) in [5, 5.41) is 24.4. The molecule has 0 radical (unpaired) electrons. The largest absolute Gasteiger partial charge is 0.435 e. The second-order valence-electron chi connectivity index (χ2n) is 13.2. The molecule has 4 heterocycles. The third kappa shape index (κ3) is 6.57. The van der Waals surface area contributed by atoms with E-state index in [1.54, 1.807) is 6.07 Å². The Kier molecular flexibility index (Phi) is 8.53. The van der Waals surface area contributed by atoms with Crippen LogP contribution in [0.2, 0.25) is 5.15 Å². The Balaban J connectivity index is 1.36. The normalized spacial score (nSPS) is 17.9. The molecule has 2 aliphatic carbocycles. The number of anilines is 1. The first kappa shape index (κ1) is 35.9. The summed E-state index contributed by atoms with van der Waals surface area (Å²) in [5.74, 6) is -4.21. The van der Waals surface area contributed by atoms with Gasteiger partial charge in [0.05, 0.1) is 17.7 Å². The van der Waals surface area contributed by atoms with Crippen LogP contribution in [0.5, 0.6) is 0 Å². The minimum atomic E-state index is -5.09. The fourth-order valence-electron chi connectivity index (χ4n) is 6.58. The van der Waals surface area contributed by atoms with E-state index in [9.17, 15) is 31.9 Å². The van der Waals surface area contributed by atoms with E-state index in [-0.39, 0.29) is 45.7 Å². The monoisotopic (exact) mass is 758 g/mol. The number of hydrogen-bond donors (Lipinski definition) is 3. The third-order valence-corrected chi connectivity index (χ3v) is 9.10. The second-order valence-corrected chi connectivity index (χ2v) is 13.5. The lowest BCUT2D eigenvalue weighted by Crippen LogP contribution is -2.36.